The van der Waals surface area contributed by atoms with Gasteiger partial charge in [-0.2, -0.15) is 0 Å². The van der Waals surface area contributed by atoms with Crippen LogP contribution in [0.4, 0.5) is 14.5 Å². The normalized spacial score (nSPS) is 14.2. The Morgan fingerprint density at radius 2 is 1.87 bits per heavy atom. The van der Waals surface area contributed by atoms with Gasteiger partial charge in [0.15, 0.2) is 0 Å². The number of rotatable bonds is 4. The quantitative estimate of drug-likeness (QED) is 0.875. The van der Waals surface area contributed by atoms with Gasteiger partial charge in [-0.25, -0.2) is 8.78 Å². The van der Waals surface area contributed by atoms with Crippen LogP contribution in [0.25, 0.3) is 0 Å². The maximum atomic E-state index is 13.6. The lowest BCUT2D eigenvalue weighted by atomic mass is 10.1. The molecule has 0 unspecified atom stereocenters. The molecule has 118 valence electrons. The van der Waals surface area contributed by atoms with Crippen molar-refractivity contribution in [2.45, 2.75) is 6.54 Å². The van der Waals surface area contributed by atoms with E-state index in [9.17, 15) is 13.6 Å². The summed E-state index contributed by atoms with van der Waals surface area (Å²) in [6.45, 7) is 2.55. The van der Waals surface area contributed by atoms with E-state index < -0.39 is 17.5 Å². The molecule has 1 aliphatic rings. The second-order valence-corrected chi connectivity index (χ2v) is 5.44. The summed E-state index contributed by atoms with van der Waals surface area (Å²) >= 11 is 0. The van der Waals surface area contributed by atoms with Gasteiger partial charge in [0.2, 0.25) is 0 Å². The first-order valence-electron chi connectivity index (χ1n) is 7.34. The van der Waals surface area contributed by atoms with Crippen LogP contribution in [0.15, 0.2) is 54.6 Å². The maximum absolute atomic E-state index is 13.6. The Bertz CT molecular complexity index is 750. The first-order valence-corrected chi connectivity index (χ1v) is 7.34. The number of anilines is 1. The fourth-order valence-corrected chi connectivity index (χ4v) is 2.51. The van der Waals surface area contributed by atoms with Gasteiger partial charge in [-0.3, -0.25) is 9.69 Å². The van der Waals surface area contributed by atoms with E-state index in [1.807, 2.05) is 6.07 Å². The monoisotopic (exact) mass is 314 g/mol. The first-order chi connectivity index (χ1) is 11.1. The van der Waals surface area contributed by atoms with Crippen LogP contribution in [0.3, 0.4) is 0 Å². The molecule has 2 aromatic carbocycles. The average molecular weight is 314 g/mol. The van der Waals surface area contributed by atoms with E-state index >= 15 is 0 Å². The molecule has 0 bridgehead atoms. The maximum Gasteiger partial charge on any atom is 0.255 e. The van der Waals surface area contributed by atoms with Crippen LogP contribution in [0.2, 0.25) is 0 Å². The van der Waals surface area contributed by atoms with Crippen molar-refractivity contribution < 1.29 is 13.6 Å². The van der Waals surface area contributed by atoms with E-state index in [0.29, 0.717) is 5.56 Å². The Kier molecular flexibility index (Phi) is 4.48. The Morgan fingerprint density at radius 1 is 1.09 bits per heavy atom. The molecular weight excluding hydrogens is 298 g/mol. The number of amides is 1. The second kappa shape index (κ2) is 6.71. The van der Waals surface area contributed by atoms with Crippen molar-refractivity contribution in [3.05, 3.63) is 77.4 Å². The first kappa shape index (κ1) is 15.4. The molecule has 1 amide bonds. The predicted molar refractivity (Wildman–Crippen MR) is 85.2 cm³/mol. The molecule has 1 N–H and O–H groups in total. The van der Waals surface area contributed by atoms with Crippen molar-refractivity contribution in [2.75, 3.05) is 18.4 Å². The Morgan fingerprint density at radius 3 is 2.61 bits per heavy atom. The minimum absolute atomic E-state index is 0.0365. The van der Waals surface area contributed by atoms with Gasteiger partial charge >= 0.3 is 0 Å². The summed E-state index contributed by atoms with van der Waals surface area (Å²) < 4.78 is 26.5. The van der Waals surface area contributed by atoms with Crippen molar-refractivity contribution in [1.82, 2.24) is 4.90 Å². The number of halogens is 2. The molecule has 0 aliphatic carbocycles. The highest BCUT2D eigenvalue weighted by Gasteiger charge is 2.12. The number of benzene rings is 2. The second-order valence-electron chi connectivity index (χ2n) is 5.44. The van der Waals surface area contributed by atoms with E-state index in [0.717, 1.165) is 37.3 Å². The standard InChI is InChI=1S/C18H16F2N2O/c19-15-6-7-17(16(20)11-15)21-18(23)14-5-3-4-13(10-14)12-22-8-1-2-9-22/h1-7,10-11H,8-9,12H2,(H,21,23). The van der Waals surface area contributed by atoms with Crippen molar-refractivity contribution in [3.8, 4) is 0 Å². The van der Waals surface area contributed by atoms with Crippen LogP contribution >= 0.6 is 0 Å². The van der Waals surface area contributed by atoms with Crippen LogP contribution < -0.4 is 5.32 Å². The largest absolute Gasteiger partial charge is 0.319 e. The summed E-state index contributed by atoms with van der Waals surface area (Å²) in [6, 6.07) is 10.3. The van der Waals surface area contributed by atoms with Crippen LogP contribution in [0.5, 0.6) is 0 Å². The molecule has 0 fully saturated rings. The fourth-order valence-electron chi connectivity index (χ4n) is 2.51. The van der Waals surface area contributed by atoms with Gasteiger partial charge < -0.3 is 5.32 Å². The van der Waals surface area contributed by atoms with Gasteiger partial charge in [0, 0.05) is 31.3 Å². The third-order valence-electron chi connectivity index (χ3n) is 3.67. The molecular formula is C18H16F2N2O. The highest BCUT2D eigenvalue weighted by Crippen LogP contribution is 2.17. The molecule has 5 heteroatoms. The summed E-state index contributed by atoms with van der Waals surface area (Å²) in [4.78, 5) is 14.5. The molecule has 0 aromatic heterocycles. The van der Waals surface area contributed by atoms with E-state index in [1.165, 1.54) is 6.07 Å². The lowest BCUT2D eigenvalue weighted by Crippen LogP contribution is -2.19. The molecule has 2 aromatic rings. The lowest BCUT2D eigenvalue weighted by Gasteiger charge is -2.15. The highest BCUT2D eigenvalue weighted by molar-refractivity contribution is 6.04. The average Bonchev–Trinajstić information content (AvgIpc) is 3.03. The Labute approximate surface area is 133 Å². The Hall–Kier alpha value is -2.53. The zero-order valence-corrected chi connectivity index (χ0v) is 12.4. The topological polar surface area (TPSA) is 32.3 Å². The third-order valence-corrected chi connectivity index (χ3v) is 3.67. The number of carbonyl (C=O) groups is 1. The molecule has 23 heavy (non-hydrogen) atoms. The predicted octanol–water partition coefficient (Wildman–Crippen LogP) is 3.59. The highest BCUT2D eigenvalue weighted by atomic mass is 19.1. The molecule has 0 radical (unpaired) electrons. The van der Waals surface area contributed by atoms with Gasteiger partial charge in [0.25, 0.3) is 5.91 Å². The molecule has 1 heterocycles. The number of hydrogen-bond donors (Lipinski definition) is 1. The van der Waals surface area contributed by atoms with E-state index in [1.54, 1.807) is 18.2 Å². The SMILES string of the molecule is O=C(Nc1ccc(F)cc1F)c1cccc(CN2CC=CC2)c1. The summed E-state index contributed by atoms with van der Waals surface area (Å²) in [6.07, 6.45) is 4.21. The van der Waals surface area contributed by atoms with Crippen LogP contribution in [-0.4, -0.2) is 23.9 Å². The number of carbonyl (C=O) groups excluding carboxylic acids is 1. The molecule has 3 rings (SSSR count). The minimum atomic E-state index is -0.794. The third kappa shape index (κ3) is 3.81. The summed E-state index contributed by atoms with van der Waals surface area (Å²) in [5, 5.41) is 2.47. The molecule has 0 atom stereocenters. The molecule has 0 spiro atoms. The zero-order chi connectivity index (χ0) is 16.2. The number of hydrogen-bond acceptors (Lipinski definition) is 2. The van der Waals surface area contributed by atoms with E-state index in [2.05, 4.69) is 22.4 Å². The van der Waals surface area contributed by atoms with Gasteiger partial charge in [-0.15, -0.1) is 0 Å². The summed E-state index contributed by atoms with van der Waals surface area (Å²) in [5.74, 6) is -1.89. The van der Waals surface area contributed by atoms with Crippen molar-refractivity contribution in [3.63, 3.8) is 0 Å². The minimum Gasteiger partial charge on any atom is -0.319 e. The van der Waals surface area contributed by atoms with Crippen LogP contribution in [0, 0.1) is 11.6 Å². The van der Waals surface area contributed by atoms with E-state index in [-0.39, 0.29) is 5.69 Å². The molecule has 0 saturated carbocycles. The van der Waals surface area contributed by atoms with Crippen LogP contribution in [0.1, 0.15) is 15.9 Å². The molecule has 0 saturated heterocycles. The van der Waals surface area contributed by atoms with Gasteiger partial charge in [0.1, 0.15) is 11.6 Å². The van der Waals surface area contributed by atoms with Crippen molar-refractivity contribution >= 4 is 11.6 Å². The lowest BCUT2D eigenvalue weighted by molar-refractivity contribution is 0.102. The van der Waals surface area contributed by atoms with Gasteiger partial charge in [0.05, 0.1) is 5.69 Å². The number of nitrogens with one attached hydrogen (secondary N) is 1. The van der Waals surface area contributed by atoms with Gasteiger partial charge in [-0.1, -0.05) is 24.3 Å². The van der Waals surface area contributed by atoms with E-state index in [4.69, 9.17) is 0 Å². The summed E-state index contributed by atoms with van der Waals surface area (Å²) in [7, 11) is 0. The smallest absolute Gasteiger partial charge is 0.255 e. The van der Waals surface area contributed by atoms with Crippen LogP contribution in [-0.2, 0) is 6.54 Å². The zero-order valence-electron chi connectivity index (χ0n) is 12.4. The fraction of sp³-hybridized carbons (Fsp3) is 0.167. The number of nitrogens with zero attached hydrogens (tertiary/aromatic N) is 1. The van der Waals surface area contributed by atoms with Crippen molar-refractivity contribution in [1.29, 1.82) is 0 Å². The van der Waals surface area contributed by atoms with Gasteiger partial charge in [-0.05, 0) is 29.8 Å². The van der Waals surface area contributed by atoms with Crippen molar-refractivity contribution in [2.24, 2.45) is 0 Å². The summed E-state index contributed by atoms with van der Waals surface area (Å²) in [5.41, 5.74) is 1.42. The molecule has 1 aliphatic heterocycles. The Balaban J connectivity index is 1.71. The molecule has 3 nitrogen and oxygen atoms in total.